The maximum atomic E-state index is 13.2. The molecule has 206 valence electrons. The second-order valence-corrected chi connectivity index (χ2v) is 11.3. The standard InChI is InChI=1S/C28H32N4O5S2/c1-5-31(6-2)39(34,35)22-16-17-24-23(18-22)30-28(32(24)25-10-8-9-11-26(25)36-4)38-19-27(33)29-20-12-14-21(15-13-20)37-7-3/h8-18H,5-7,19H2,1-4H3,(H,29,33). The summed E-state index contributed by atoms with van der Waals surface area (Å²) in [6, 6.07) is 19.6. The highest BCUT2D eigenvalue weighted by molar-refractivity contribution is 7.99. The van der Waals surface area contributed by atoms with Gasteiger partial charge in [0.2, 0.25) is 15.9 Å². The maximum absolute atomic E-state index is 13.2. The average molecular weight is 569 g/mol. The fourth-order valence-electron chi connectivity index (χ4n) is 4.18. The van der Waals surface area contributed by atoms with Crippen molar-refractivity contribution < 1.29 is 22.7 Å². The van der Waals surface area contributed by atoms with E-state index in [1.54, 1.807) is 49.6 Å². The van der Waals surface area contributed by atoms with Gasteiger partial charge in [-0.2, -0.15) is 4.31 Å². The molecule has 0 saturated carbocycles. The highest BCUT2D eigenvalue weighted by atomic mass is 32.2. The number of carbonyl (C=O) groups is 1. The van der Waals surface area contributed by atoms with E-state index in [-0.39, 0.29) is 16.6 Å². The van der Waals surface area contributed by atoms with Gasteiger partial charge in [0.05, 0.1) is 41.1 Å². The number of methoxy groups -OCH3 is 1. The third kappa shape index (κ3) is 6.21. The second kappa shape index (κ2) is 12.5. The Morgan fingerprint density at radius 3 is 2.41 bits per heavy atom. The quantitative estimate of drug-likeness (QED) is 0.235. The number of carbonyl (C=O) groups excluding carboxylic acids is 1. The summed E-state index contributed by atoms with van der Waals surface area (Å²) in [5, 5.41) is 3.43. The molecule has 1 heterocycles. The van der Waals surface area contributed by atoms with Crippen molar-refractivity contribution in [1.82, 2.24) is 13.9 Å². The molecule has 0 bridgehead atoms. The first-order valence-electron chi connectivity index (χ1n) is 12.6. The monoisotopic (exact) mass is 568 g/mol. The summed E-state index contributed by atoms with van der Waals surface area (Å²) < 4.78 is 40.6. The Labute approximate surface area is 233 Å². The first kappa shape index (κ1) is 28.5. The van der Waals surface area contributed by atoms with Crippen molar-refractivity contribution in [3.63, 3.8) is 0 Å². The molecule has 0 aliphatic rings. The Balaban J connectivity index is 1.68. The van der Waals surface area contributed by atoms with Crippen molar-refractivity contribution in [2.45, 2.75) is 30.8 Å². The van der Waals surface area contributed by atoms with E-state index >= 15 is 0 Å². The predicted octanol–water partition coefficient (Wildman–Crippen LogP) is 5.19. The zero-order valence-corrected chi connectivity index (χ0v) is 24.0. The number of para-hydroxylation sites is 2. The van der Waals surface area contributed by atoms with Gasteiger partial charge in [-0.15, -0.1) is 0 Å². The fourth-order valence-corrected chi connectivity index (χ4v) is 6.48. The predicted molar refractivity (Wildman–Crippen MR) is 155 cm³/mol. The van der Waals surface area contributed by atoms with E-state index in [2.05, 4.69) is 5.32 Å². The smallest absolute Gasteiger partial charge is 0.243 e. The van der Waals surface area contributed by atoms with Gasteiger partial charge in [-0.05, 0) is 61.5 Å². The maximum Gasteiger partial charge on any atom is 0.243 e. The molecule has 39 heavy (non-hydrogen) atoms. The highest BCUT2D eigenvalue weighted by Crippen LogP contribution is 2.34. The van der Waals surface area contributed by atoms with Crippen LogP contribution < -0.4 is 14.8 Å². The SMILES string of the molecule is CCOc1ccc(NC(=O)CSc2nc3cc(S(=O)(=O)N(CC)CC)ccc3n2-c2ccccc2OC)cc1. The third-order valence-electron chi connectivity index (χ3n) is 6.05. The van der Waals surface area contributed by atoms with Gasteiger partial charge in [-0.25, -0.2) is 13.4 Å². The Kier molecular flexibility index (Phi) is 9.16. The Hall–Kier alpha value is -3.54. The number of thioether (sulfide) groups is 1. The number of hydrogen-bond acceptors (Lipinski definition) is 7. The third-order valence-corrected chi connectivity index (χ3v) is 9.03. The molecule has 4 rings (SSSR count). The molecular formula is C28H32N4O5S2. The van der Waals surface area contributed by atoms with Crippen LogP contribution in [0.2, 0.25) is 0 Å². The summed E-state index contributed by atoms with van der Waals surface area (Å²) in [6.07, 6.45) is 0. The molecule has 0 aliphatic heterocycles. The molecule has 1 N–H and O–H groups in total. The van der Waals surface area contributed by atoms with Crippen LogP contribution in [0.4, 0.5) is 5.69 Å². The van der Waals surface area contributed by atoms with Gasteiger partial charge in [-0.1, -0.05) is 37.7 Å². The topological polar surface area (TPSA) is 103 Å². The lowest BCUT2D eigenvalue weighted by atomic mass is 10.2. The van der Waals surface area contributed by atoms with E-state index in [4.69, 9.17) is 14.5 Å². The number of rotatable bonds is 12. The average Bonchev–Trinajstić information content (AvgIpc) is 3.31. The van der Waals surface area contributed by atoms with Crippen LogP contribution in [-0.2, 0) is 14.8 Å². The highest BCUT2D eigenvalue weighted by Gasteiger charge is 2.24. The van der Waals surface area contributed by atoms with Gasteiger partial charge in [0.1, 0.15) is 11.5 Å². The van der Waals surface area contributed by atoms with Gasteiger partial charge in [0, 0.05) is 18.8 Å². The largest absolute Gasteiger partial charge is 0.495 e. The molecule has 11 heteroatoms. The number of ether oxygens (including phenoxy) is 2. The van der Waals surface area contributed by atoms with Gasteiger partial charge in [0.15, 0.2) is 5.16 Å². The van der Waals surface area contributed by atoms with E-state index in [1.807, 2.05) is 49.6 Å². The fraction of sp³-hybridized carbons (Fsp3) is 0.286. The first-order chi connectivity index (χ1) is 18.8. The van der Waals surface area contributed by atoms with Crippen molar-refractivity contribution in [1.29, 1.82) is 0 Å². The van der Waals surface area contributed by atoms with Crippen LogP contribution in [0.1, 0.15) is 20.8 Å². The van der Waals surface area contributed by atoms with Crippen molar-refractivity contribution >= 4 is 44.4 Å². The molecule has 0 radical (unpaired) electrons. The van der Waals surface area contributed by atoms with Crippen LogP contribution in [0, 0.1) is 0 Å². The normalized spacial score (nSPS) is 11.6. The van der Waals surface area contributed by atoms with Crippen molar-refractivity contribution in [2.24, 2.45) is 0 Å². The van der Waals surface area contributed by atoms with Gasteiger partial charge in [0.25, 0.3) is 0 Å². The molecule has 4 aromatic rings. The van der Waals surface area contributed by atoms with Crippen molar-refractivity contribution in [3.8, 4) is 17.2 Å². The number of hydrogen-bond donors (Lipinski definition) is 1. The van der Waals surface area contributed by atoms with E-state index in [0.29, 0.717) is 47.3 Å². The Morgan fingerprint density at radius 2 is 1.74 bits per heavy atom. The lowest BCUT2D eigenvalue weighted by Gasteiger charge is -2.18. The number of benzene rings is 3. The molecule has 0 saturated heterocycles. The second-order valence-electron chi connectivity index (χ2n) is 8.44. The van der Waals surface area contributed by atoms with Crippen LogP contribution in [0.25, 0.3) is 16.7 Å². The van der Waals surface area contributed by atoms with Crippen molar-refractivity contribution in [3.05, 3.63) is 66.7 Å². The number of imidazole rings is 1. The summed E-state index contributed by atoms with van der Waals surface area (Å²) in [4.78, 5) is 17.7. The number of nitrogens with one attached hydrogen (secondary N) is 1. The molecule has 3 aromatic carbocycles. The van der Waals surface area contributed by atoms with E-state index in [0.717, 1.165) is 11.4 Å². The van der Waals surface area contributed by atoms with Crippen LogP contribution in [0.3, 0.4) is 0 Å². The molecule has 0 aliphatic carbocycles. The number of fused-ring (bicyclic) bond motifs is 1. The number of amides is 1. The number of aromatic nitrogens is 2. The van der Waals surface area contributed by atoms with Gasteiger partial charge >= 0.3 is 0 Å². The van der Waals surface area contributed by atoms with E-state index < -0.39 is 10.0 Å². The summed E-state index contributed by atoms with van der Waals surface area (Å²) >= 11 is 1.25. The molecule has 0 spiro atoms. The zero-order chi connectivity index (χ0) is 28.0. The molecule has 1 aromatic heterocycles. The van der Waals surface area contributed by atoms with E-state index in [9.17, 15) is 13.2 Å². The number of anilines is 1. The summed E-state index contributed by atoms with van der Waals surface area (Å²) in [5.41, 5.74) is 2.60. The Morgan fingerprint density at radius 1 is 1.03 bits per heavy atom. The number of nitrogens with zero attached hydrogens (tertiary/aromatic N) is 3. The van der Waals surface area contributed by atoms with Gasteiger partial charge < -0.3 is 14.8 Å². The van der Waals surface area contributed by atoms with Crippen LogP contribution in [-0.4, -0.2) is 60.7 Å². The van der Waals surface area contributed by atoms with Crippen LogP contribution in [0.15, 0.2) is 76.8 Å². The first-order valence-corrected chi connectivity index (χ1v) is 15.1. The molecule has 1 amide bonds. The zero-order valence-electron chi connectivity index (χ0n) is 22.4. The van der Waals surface area contributed by atoms with Crippen LogP contribution in [0.5, 0.6) is 11.5 Å². The lowest BCUT2D eigenvalue weighted by molar-refractivity contribution is -0.113. The summed E-state index contributed by atoms with van der Waals surface area (Å²) in [7, 11) is -2.07. The van der Waals surface area contributed by atoms with Gasteiger partial charge in [-0.3, -0.25) is 9.36 Å². The summed E-state index contributed by atoms with van der Waals surface area (Å²) in [6.45, 7) is 6.84. The minimum absolute atomic E-state index is 0.0935. The summed E-state index contributed by atoms with van der Waals surface area (Å²) in [5.74, 6) is 1.25. The minimum Gasteiger partial charge on any atom is -0.495 e. The minimum atomic E-state index is -3.66. The molecule has 0 atom stereocenters. The Bertz CT molecular complexity index is 1550. The molecule has 0 unspecified atom stereocenters. The lowest BCUT2D eigenvalue weighted by Crippen LogP contribution is -2.30. The van der Waals surface area contributed by atoms with Crippen molar-refractivity contribution in [2.75, 3.05) is 37.9 Å². The molecule has 0 fully saturated rings. The van der Waals surface area contributed by atoms with Crippen LogP contribution >= 0.6 is 11.8 Å². The molecule has 9 nitrogen and oxygen atoms in total. The number of sulfonamides is 1. The van der Waals surface area contributed by atoms with E-state index in [1.165, 1.54) is 16.1 Å². The molecular weight excluding hydrogens is 536 g/mol.